The highest BCUT2D eigenvalue weighted by Crippen LogP contribution is 2.52. The van der Waals surface area contributed by atoms with E-state index in [1.807, 2.05) is 23.1 Å². The normalized spacial score (nSPS) is 29.0. The molecule has 3 aliphatic heterocycles. The van der Waals surface area contributed by atoms with E-state index < -0.39 is 17.4 Å². The number of hydrogen-bond acceptors (Lipinski definition) is 4. The molecule has 4 heterocycles. The van der Waals surface area contributed by atoms with Crippen molar-refractivity contribution in [3.63, 3.8) is 0 Å². The molecule has 1 aromatic heterocycles. The molecule has 7 nitrogen and oxygen atoms in total. The van der Waals surface area contributed by atoms with E-state index in [-0.39, 0.29) is 17.9 Å². The summed E-state index contributed by atoms with van der Waals surface area (Å²) >= 11 is 0. The average molecular weight is 406 g/mol. The fourth-order valence-corrected chi connectivity index (χ4v) is 5.13. The molecule has 0 radical (unpaired) electrons. The maximum atomic E-state index is 13.5. The third-order valence-electron chi connectivity index (χ3n) is 6.67. The van der Waals surface area contributed by atoms with Crippen LogP contribution in [0.25, 0.3) is 0 Å². The Labute approximate surface area is 175 Å². The highest BCUT2D eigenvalue weighted by molar-refractivity contribution is 5.93. The molecule has 0 saturated carbocycles. The van der Waals surface area contributed by atoms with Crippen molar-refractivity contribution in [3.8, 4) is 0 Å². The quantitative estimate of drug-likeness (QED) is 0.770. The number of carbonyl (C=O) groups is 2. The molecule has 30 heavy (non-hydrogen) atoms. The number of rotatable bonds is 5. The highest BCUT2D eigenvalue weighted by atomic mass is 16.5. The molecule has 4 atom stereocenters. The number of fused-ring (bicyclic) bond motifs is 1. The summed E-state index contributed by atoms with van der Waals surface area (Å²) < 4.78 is 6.25. The van der Waals surface area contributed by atoms with Crippen LogP contribution in [0.5, 0.6) is 0 Å². The van der Waals surface area contributed by atoms with Gasteiger partial charge >= 0.3 is 0 Å². The lowest BCUT2D eigenvalue weighted by atomic mass is 9.76. The molecular weight excluding hydrogens is 380 g/mol. The van der Waals surface area contributed by atoms with Crippen molar-refractivity contribution in [2.24, 2.45) is 11.8 Å². The third kappa shape index (κ3) is 2.88. The Kier molecular flexibility index (Phi) is 4.32. The molecule has 2 amide bonds. The van der Waals surface area contributed by atoms with Crippen LogP contribution in [0.1, 0.15) is 22.4 Å². The van der Waals surface area contributed by atoms with Gasteiger partial charge in [0.25, 0.3) is 0 Å². The highest BCUT2D eigenvalue weighted by Gasteiger charge is 2.67. The number of amides is 2. The maximum Gasteiger partial charge on any atom is 0.230 e. The molecule has 2 bridgehead atoms. The molecule has 3 aliphatic rings. The second kappa shape index (κ2) is 6.80. The molecule has 7 heteroatoms. The fourth-order valence-electron chi connectivity index (χ4n) is 5.13. The Morgan fingerprint density at radius 3 is 2.97 bits per heavy atom. The monoisotopic (exact) mass is 406 g/mol. The summed E-state index contributed by atoms with van der Waals surface area (Å²) in [7, 11) is 1.76. The van der Waals surface area contributed by atoms with E-state index in [9.17, 15) is 9.59 Å². The van der Waals surface area contributed by atoms with Crippen LogP contribution < -0.4 is 0 Å². The predicted molar refractivity (Wildman–Crippen MR) is 110 cm³/mol. The number of likely N-dealkylation sites (tertiary alicyclic amines) is 1. The van der Waals surface area contributed by atoms with E-state index >= 15 is 0 Å². The number of nitrogens with zero attached hydrogens (tertiary/aromatic N) is 3. The van der Waals surface area contributed by atoms with Crippen LogP contribution in [-0.2, 0) is 27.4 Å². The Morgan fingerprint density at radius 2 is 2.20 bits per heavy atom. The van der Waals surface area contributed by atoms with Crippen LogP contribution in [0.4, 0.5) is 0 Å². The summed E-state index contributed by atoms with van der Waals surface area (Å²) in [6, 6.07) is 8.14. The van der Waals surface area contributed by atoms with Crippen molar-refractivity contribution in [1.82, 2.24) is 20.0 Å². The zero-order valence-corrected chi connectivity index (χ0v) is 17.5. The van der Waals surface area contributed by atoms with Crippen molar-refractivity contribution >= 4 is 11.8 Å². The topological polar surface area (TPSA) is 78.5 Å². The van der Waals surface area contributed by atoms with Gasteiger partial charge in [-0.1, -0.05) is 35.9 Å². The third-order valence-corrected chi connectivity index (χ3v) is 6.67. The van der Waals surface area contributed by atoms with Crippen LogP contribution in [0.3, 0.4) is 0 Å². The first-order valence-corrected chi connectivity index (χ1v) is 10.3. The summed E-state index contributed by atoms with van der Waals surface area (Å²) in [6.07, 6.45) is 5.29. The number of hydrogen-bond donors (Lipinski definition) is 1. The van der Waals surface area contributed by atoms with Crippen LogP contribution in [0.2, 0.25) is 0 Å². The van der Waals surface area contributed by atoms with Gasteiger partial charge in [0.05, 0.1) is 36.7 Å². The maximum absolute atomic E-state index is 13.5. The number of carbonyl (C=O) groups excluding carboxylic acids is 2. The second-order valence-electron chi connectivity index (χ2n) is 8.80. The van der Waals surface area contributed by atoms with E-state index in [4.69, 9.17) is 4.74 Å². The van der Waals surface area contributed by atoms with Crippen molar-refractivity contribution in [2.75, 3.05) is 13.6 Å². The average Bonchev–Trinajstić information content (AvgIpc) is 3.47. The van der Waals surface area contributed by atoms with Crippen molar-refractivity contribution in [2.45, 2.75) is 38.6 Å². The van der Waals surface area contributed by atoms with Crippen molar-refractivity contribution in [1.29, 1.82) is 0 Å². The SMILES string of the molecule is Cc1ccc(C)c(CN2C[C@]34C=C[C@H](O3)C(C(=O)N(C)Cc3ccn[nH]3)C4C2=O)c1. The number of H-pyrrole nitrogens is 1. The van der Waals surface area contributed by atoms with Crippen molar-refractivity contribution < 1.29 is 14.3 Å². The van der Waals surface area contributed by atoms with Gasteiger partial charge in [-0.2, -0.15) is 5.10 Å². The van der Waals surface area contributed by atoms with Crippen LogP contribution in [0, 0.1) is 25.7 Å². The first-order valence-electron chi connectivity index (χ1n) is 10.3. The smallest absolute Gasteiger partial charge is 0.230 e. The minimum atomic E-state index is -0.686. The lowest BCUT2D eigenvalue weighted by Crippen LogP contribution is -2.44. The molecule has 156 valence electrons. The molecule has 2 fully saturated rings. The molecule has 2 saturated heterocycles. The van der Waals surface area contributed by atoms with Gasteiger partial charge in [0, 0.05) is 19.8 Å². The van der Waals surface area contributed by atoms with Gasteiger partial charge in [0.1, 0.15) is 5.60 Å². The molecular formula is C23H26N4O3. The van der Waals surface area contributed by atoms with E-state index in [2.05, 4.69) is 42.2 Å². The Bertz CT molecular complexity index is 1030. The minimum Gasteiger partial charge on any atom is -0.360 e. The number of benzene rings is 1. The minimum absolute atomic E-state index is 0.0102. The molecule has 1 N–H and O–H groups in total. The summed E-state index contributed by atoms with van der Waals surface area (Å²) in [6.45, 7) is 5.57. The molecule has 5 rings (SSSR count). The van der Waals surface area contributed by atoms with Crippen LogP contribution in [0.15, 0.2) is 42.6 Å². The lowest BCUT2D eigenvalue weighted by molar-refractivity contribution is -0.142. The Balaban J connectivity index is 1.38. The zero-order chi connectivity index (χ0) is 21.0. The van der Waals surface area contributed by atoms with Gasteiger partial charge in [0.15, 0.2) is 0 Å². The number of aromatic nitrogens is 2. The summed E-state index contributed by atoms with van der Waals surface area (Å²) in [5, 5.41) is 6.82. The Hall–Kier alpha value is -2.93. The van der Waals surface area contributed by atoms with Gasteiger partial charge in [-0.25, -0.2) is 0 Å². The predicted octanol–water partition coefficient (Wildman–Crippen LogP) is 1.97. The standard InChI is InChI=1S/C23H26N4O3/c1-14-4-5-15(2)16(10-14)11-27-13-23-8-6-18(30-23)19(20(23)22(27)29)21(28)26(3)12-17-7-9-24-25-17/h4-10,18-20H,11-13H2,1-3H3,(H,24,25)/t18-,19?,20?,23-/m0/s1. The first-order chi connectivity index (χ1) is 14.4. The molecule has 0 aliphatic carbocycles. The number of ether oxygens (including phenoxy) is 1. The summed E-state index contributed by atoms with van der Waals surface area (Å²) in [4.78, 5) is 30.3. The number of nitrogens with one attached hydrogen (secondary N) is 1. The lowest BCUT2D eigenvalue weighted by Gasteiger charge is -2.27. The van der Waals surface area contributed by atoms with Crippen molar-refractivity contribution in [3.05, 3.63) is 65.0 Å². The van der Waals surface area contributed by atoms with Crippen LogP contribution >= 0.6 is 0 Å². The van der Waals surface area contributed by atoms with Gasteiger partial charge in [-0.15, -0.1) is 0 Å². The Morgan fingerprint density at radius 1 is 1.37 bits per heavy atom. The summed E-state index contributed by atoms with van der Waals surface area (Å²) in [5.74, 6) is -1.00. The van der Waals surface area contributed by atoms with Gasteiger partial charge in [-0.3, -0.25) is 14.7 Å². The number of aryl methyl sites for hydroxylation is 2. The van der Waals surface area contributed by atoms with Gasteiger partial charge < -0.3 is 14.5 Å². The van der Waals surface area contributed by atoms with Crippen LogP contribution in [-0.4, -0.2) is 57.1 Å². The fraction of sp³-hybridized carbons (Fsp3) is 0.435. The largest absolute Gasteiger partial charge is 0.360 e. The second-order valence-corrected chi connectivity index (χ2v) is 8.80. The van der Waals surface area contributed by atoms with Gasteiger partial charge in [0.2, 0.25) is 11.8 Å². The zero-order valence-electron chi connectivity index (χ0n) is 17.5. The number of aromatic amines is 1. The molecule has 2 aromatic rings. The first kappa shape index (κ1) is 19.1. The molecule has 2 unspecified atom stereocenters. The van der Waals surface area contributed by atoms with E-state index in [1.54, 1.807) is 18.1 Å². The van der Waals surface area contributed by atoms with E-state index in [0.717, 1.165) is 16.8 Å². The van der Waals surface area contributed by atoms with Gasteiger partial charge in [-0.05, 0) is 31.0 Å². The molecule has 1 aromatic carbocycles. The van der Waals surface area contributed by atoms with E-state index in [0.29, 0.717) is 19.6 Å². The van der Waals surface area contributed by atoms with E-state index in [1.165, 1.54) is 5.56 Å². The summed E-state index contributed by atoms with van der Waals surface area (Å²) in [5.41, 5.74) is 3.64. The molecule has 1 spiro atoms.